The molecule has 0 aliphatic heterocycles. The van der Waals surface area contributed by atoms with E-state index in [0.29, 0.717) is 28.6 Å². The van der Waals surface area contributed by atoms with Gasteiger partial charge < -0.3 is 20.1 Å². The van der Waals surface area contributed by atoms with Crippen molar-refractivity contribution in [3.63, 3.8) is 0 Å². The van der Waals surface area contributed by atoms with Gasteiger partial charge in [-0.15, -0.1) is 10.2 Å². The minimum atomic E-state index is -0.976. The highest BCUT2D eigenvalue weighted by molar-refractivity contribution is 6.04. The van der Waals surface area contributed by atoms with Gasteiger partial charge in [0.2, 0.25) is 0 Å². The zero-order chi connectivity index (χ0) is 20.1. The summed E-state index contributed by atoms with van der Waals surface area (Å²) < 4.78 is 36.5. The highest BCUT2D eigenvalue weighted by atomic mass is 19.2. The molecule has 1 amide bonds. The second-order valence-electron chi connectivity index (χ2n) is 5.61. The Labute approximate surface area is 159 Å². The summed E-state index contributed by atoms with van der Waals surface area (Å²) in [7, 11) is 2.97. The number of ether oxygens (including phenoxy) is 2. The van der Waals surface area contributed by atoms with E-state index in [1.807, 2.05) is 0 Å². The maximum atomic E-state index is 13.2. The Balaban J connectivity index is 1.70. The molecule has 3 aromatic rings. The van der Waals surface area contributed by atoms with Gasteiger partial charge in [0.1, 0.15) is 11.5 Å². The lowest BCUT2D eigenvalue weighted by Crippen LogP contribution is -2.14. The molecule has 0 saturated heterocycles. The van der Waals surface area contributed by atoms with Gasteiger partial charge in [-0.2, -0.15) is 0 Å². The molecular formula is C19H16F2N4O3. The maximum Gasteiger partial charge on any atom is 0.257 e. The molecule has 0 atom stereocenters. The van der Waals surface area contributed by atoms with Crippen LogP contribution in [0.1, 0.15) is 10.4 Å². The average molecular weight is 386 g/mol. The fourth-order valence-corrected chi connectivity index (χ4v) is 2.31. The summed E-state index contributed by atoms with van der Waals surface area (Å²) in [5.74, 6) is -0.884. The van der Waals surface area contributed by atoms with Crippen molar-refractivity contribution in [2.24, 2.45) is 0 Å². The van der Waals surface area contributed by atoms with Crippen molar-refractivity contribution < 1.29 is 23.0 Å². The van der Waals surface area contributed by atoms with Crippen LogP contribution in [0.3, 0.4) is 0 Å². The predicted octanol–water partition coefficient (Wildman–Crippen LogP) is 3.77. The number of carbonyl (C=O) groups excluding carboxylic acids is 1. The largest absolute Gasteiger partial charge is 0.497 e. The molecular weight excluding hydrogens is 370 g/mol. The lowest BCUT2D eigenvalue weighted by molar-refractivity contribution is 0.102. The Morgan fingerprint density at radius 3 is 2.07 bits per heavy atom. The molecule has 3 rings (SSSR count). The van der Waals surface area contributed by atoms with Crippen molar-refractivity contribution in [1.82, 2.24) is 10.2 Å². The SMILES string of the molecule is COc1cc(OC)cc(C(=O)Nc2ccc(Nc3ccc(F)c(F)c3)nn2)c1. The molecule has 0 spiro atoms. The van der Waals surface area contributed by atoms with E-state index in [-0.39, 0.29) is 5.82 Å². The number of rotatable bonds is 6. The summed E-state index contributed by atoms with van der Waals surface area (Å²) >= 11 is 0. The van der Waals surface area contributed by atoms with E-state index in [0.717, 1.165) is 12.1 Å². The van der Waals surface area contributed by atoms with Crippen molar-refractivity contribution in [1.29, 1.82) is 0 Å². The predicted molar refractivity (Wildman–Crippen MR) is 99.2 cm³/mol. The Hall–Kier alpha value is -3.75. The van der Waals surface area contributed by atoms with Gasteiger partial charge in [0.25, 0.3) is 5.91 Å². The van der Waals surface area contributed by atoms with Crippen LogP contribution >= 0.6 is 0 Å². The van der Waals surface area contributed by atoms with Crippen LogP contribution < -0.4 is 20.1 Å². The highest BCUT2D eigenvalue weighted by Crippen LogP contribution is 2.23. The van der Waals surface area contributed by atoms with Crippen LogP contribution in [0.15, 0.2) is 48.5 Å². The number of anilines is 3. The lowest BCUT2D eigenvalue weighted by atomic mass is 10.2. The number of aromatic nitrogens is 2. The number of hydrogen-bond acceptors (Lipinski definition) is 6. The minimum absolute atomic E-state index is 0.211. The fourth-order valence-electron chi connectivity index (χ4n) is 2.31. The molecule has 0 bridgehead atoms. The number of benzene rings is 2. The van der Waals surface area contributed by atoms with Crippen molar-refractivity contribution in [2.45, 2.75) is 0 Å². The molecule has 1 heterocycles. The zero-order valence-corrected chi connectivity index (χ0v) is 15.0. The average Bonchev–Trinajstić information content (AvgIpc) is 2.71. The molecule has 9 heteroatoms. The van der Waals surface area contributed by atoms with E-state index in [2.05, 4.69) is 20.8 Å². The third-order valence-corrected chi connectivity index (χ3v) is 3.71. The van der Waals surface area contributed by atoms with Crippen LogP contribution in [0.4, 0.5) is 26.1 Å². The van der Waals surface area contributed by atoms with E-state index >= 15 is 0 Å². The molecule has 0 aliphatic rings. The first kappa shape index (κ1) is 19.0. The van der Waals surface area contributed by atoms with Gasteiger partial charge in [0.05, 0.1) is 14.2 Å². The molecule has 2 aromatic carbocycles. The Bertz CT molecular complexity index is 975. The highest BCUT2D eigenvalue weighted by Gasteiger charge is 2.11. The molecule has 1 aromatic heterocycles. The van der Waals surface area contributed by atoms with E-state index in [4.69, 9.17) is 9.47 Å². The van der Waals surface area contributed by atoms with Gasteiger partial charge in [0.15, 0.2) is 23.3 Å². The van der Waals surface area contributed by atoms with E-state index in [1.165, 1.54) is 32.4 Å². The van der Waals surface area contributed by atoms with Crippen molar-refractivity contribution in [3.05, 3.63) is 65.7 Å². The van der Waals surface area contributed by atoms with E-state index < -0.39 is 17.5 Å². The number of hydrogen-bond donors (Lipinski definition) is 2. The third kappa shape index (κ3) is 4.50. The van der Waals surface area contributed by atoms with Crippen LogP contribution in [0.5, 0.6) is 11.5 Å². The summed E-state index contributed by atoms with van der Waals surface area (Å²) in [4.78, 5) is 12.4. The van der Waals surface area contributed by atoms with Crippen LogP contribution in [0, 0.1) is 11.6 Å². The van der Waals surface area contributed by atoms with Gasteiger partial charge in [-0.1, -0.05) is 0 Å². The number of nitrogens with one attached hydrogen (secondary N) is 2. The van der Waals surface area contributed by atoms with Gasteiger partial charge >= 0.3 is 0 Å². The number of nitrogens with zero attached hydrogens (tertiary/aromatic N) is 2. The summed E-state index contributed by atoms with van der Waals surface area (Å²) in [6.07, 6.45) is 0. The molecule has 0 unspecified atom stereocenters. The fraction of sp³-hybridized carbons (Fsp3) is 0.105. The van der Waals surface area contributed by atoms with Crippen LogP contribution in [0.25, 0.3) is 0 Å². The molecule has 144 valence electrons. The molecule has 0 aliphatic carbocycles. The molecule has 0 radical (unpaired) electrons. The lowest BCUT2D eigenvalue weighted by Gasteiger charge is -2.09. The second kappa shape index (κ2) is 8.30. The van der Waals surface area contributed by atoms with Gasteiger partial charge in [-0.3, -0.25) is 4.79 Å². The minimum Gasteiger partial charge on any atom is -0.497 e. The summed E-state index contributed by atoms with van der Waals surface area (Å²) in [5.41, 5.74) is 0.635. The van der Waals surface area contributed by atoms with Crippen LogP contribution in [-0.2, 0) is 0 Å². The Morgan fingerprint density at radius 1 is 0.857 bits per heavy atom. The number of methoxy groups -OCH3 is 2. The molecule has 0 saturated carbocycles. The van der Waals surface area contributed by atoms with Gasteiger partial charge in [0, 0.05) is 23.4 Å². The first-order chi connectivity index (χ1) is 13.5. The number of halogens is 2. The van der Waals surface area contributed by atoms with Crippen LogP contribution in [-0.4, -0.2) is 30.3 Å². The second-order valence-corrected chi connectivity index (χ2v) is 5.61. The summed E-state index contributed by atoms with van der Waals surface area (Å²) in [6.45, 7) is 0. The zero-order valence-electron chi connectivity index (χ0n) is 15.0. The molecule has 28 heavy (non-hydrogen) atoms. The molecule has 7 nitrogen and oxygen atoms in total. The normalized spacial score (nSPS) is 10.3. The topological polar surface area (TPSA) is 85.4 Å². The van der Waals surface area contributed by atoms with Gasteiger partial charge in [-0.05, 0) is 36.4 Å². The third-order valence-electron chi connectivity index (χ3n) is 3.71. The van der Waals surface area contributed by atoms with Crippen molar-refractivity contribution >= 4 is 23.2 Å². The summed E-state index contributed by atoms with van der Waals surface area (Å²) in [5, 5.41) is 13.2. The standard InChI is InChI=1S/C19H16F2N4O3/c1-27-13-7-11(8-14(10-13)28-2)19(26)23-18-6-5-17(24-25-18)22-12-3-4-15(20)16(21)9-12/h3-10H,1-2H3,(H,22,24)(H,23,25,26). The number of amides is 1. The van der Waals surface area contributed by atoms with Crippen molar-refractivity contribution in [3.8, 4) is 11.5 Å². The maximum absolute atomic E-state index is 13.2. The van der Waals surface area contributed by atoms with Crippen LogP contribution in [0.2, 0.25) is 0 Å². The van der Waals surface area contributed by atoms with Crippen molar-refractivity contribution in [2.75, 3.05) is 24.9 Å². The van der Waals surface area contributed by atoms with E-state index in [9.17, 15) is 13.6 Å². The Kier molecular flexibility index (Phi) is 5.64. The Morgan fingerprint density at radius 2 is 1.50 bits per heavy atom. The first-order valence-corrected chi connectivity index (χ1v) is 8.08. The quantitative estimate of drug-likeness (QED) is 0.671. The summed E-state index contributed by atoms with van der Waals surface area (Å²) in [6, 6.07) is 11.2. The smallest absolute Gasteiger partial charge is 0.257 e. The first-order valence-electron chi connectivity index (χ1n) is 8.08. The number of carbonyl (C=O) groups is 1. The van der Waals surface area contributed by atoms with E-state index in [1.54, 1.807) is 18.2 Å². The van der Waals surface area contributed by atoms with Gasteiger partial charge in [-0.25, -0.2) is 8.78 Å². The monoisotopic (exact) mass is 386 g/mol. The molecule has 2 N–H and O–H groups in total. The molecule has 0 fully saturated rings.